The van der Waals surface area contributed by atoms with Gasteiger partial charge in [-0.2, -0.15) is 5.26 Å². The Balaban J connectivity index is 2.73. The molecule has 25 heavy (non-hydrogen) atoms. The largest absolute Gasteiger partial charge is 0.463 e. The Labute approximate surface area is 156 Å². The zero-order valence-electron chi connectivity index (χ0n) is 13.9. The second-order valence-electron chi connectivity index (χ2n) is 5.38. The Bertz CT molecular complexity index is 794. The Morgan fingerprint density at radius 1 is 1.40 bits per heavy atom. The van der Waals surface area contributed by atoms with Crippen LogP contribution >= 0.6 is 23.2 Å². The average molecular weight is 381 g/mol. The molecular formula is C18H18Cl2N2O3. The molecule has 1 aliphatic heterocycles. The van der Waals surface area contributed by atoms with E-state index in [9.17, 15) is 10.1 Å². The molecule has 0 radical (unpaired) electrons. The lowest BCUT2D eigenvalue weighted by molar-refractivity contribution is -0.139. The lowest BCUT2D eigenvalue weighted by Crippen LogP contribution is -2.26. The predicted octanol–water partition coefficient (Wildman–Crippen LogP) is 4.42. The molecule has 1 aromatic rings. The summed E-state index contributed by atoms with van der Waals surface area (Å²) in [7, 11) is 0. The maximum Gasteiger partial charge on any atom is 0.338 e. The van der Waals surface area contributed by atoms with E-state index in [1.54, 1.807) is 25.1 Å². The van der Waals surface area contributed by atoms with Crippen molar-refractivity contribution in [2.45, 2.75) is 32.6 Å². The molecule has 0 saturated carbocycles. The Hall–Kier alpha value is -2.16. The number of nitrogens with two attached hydrogens (primary N) is 1. The summed E-state index contributed by atoms with van der Waals surface area (Å²) in [4.78, 5) is 12.6. The summed E-state index contributed by atoms with van der Waals surface area (Å²) in [5, 5.41) is 10.2. The molecular weight excluding hydrogens is 363 g/mol. The lowest BCUT2D eigenvalue weighted by Gasteiger charge is -2.28. The van der Waals surface area contributed by atoms with Crippen LogP contribution in [0.5, 0.6) is 0 Å². The number of nitrogens with zero attached hydrogens (tertiary/aromatic N) is 1. The minimum Gasteiger partial charge on any atom is -0.463 e. The standard InChI is InChI=1S/C18H18Cl2N2O3/c1-3-6-13-15(18(23)24-4-2)14(11(9-21)17(22)25-13)10-7-5-8-12(19)16(10)20/h5,7-8,14H,3-4,6,22H2,1-2H3. The van der Waals surface area contributed by atoms with Crippen LogP contribution in [0.25, 0.3) is 0 Å². The molecule has 7 heteroatoms. The summed E-state index contributed by atoms with van der Waals surface area (Å²) in [5.41, 5.74) is 6.78. The Morgan fingerprint density at radius 3 is 2.72 bits per heavy atom. The second-order valence-corrected chi connectivity index (χ2v) is 6.16. The number of halogens is 2. The highest BCUT2D eigenvalue weighted by Gasteiger charge is 2.38. The van der Waals surface area contributed by atoms with E-state index in [4.69, 9.17) is 38.4 Å². The highest BCUT2D eigenvalue weighted by molar-refractivity contribution is 6.42. The van der Waals surface area contributed by atoms with E-state index in [0.717, 1.165) is 6.42 Å². The number of ether oxygens (including phenoxy) is 2. The quantitative estimate of drug-likeness (QED) is 0.764. The number of carbonyl (C=O) groups is 1. The fraction of sp³-hybridized carbons (Fsp3) is 0.333. The van der Waals surface area contributed by atoms with E-state index in [2.05, 4.69) is 0 Å². The van der Waals surface area contributed by atoms with E-state index < -0.39 is 11.9 Å². The van der Waals surface area contributed by atoms with Gasteiger partial charge in [-0.15, -0.1) is 0 Å². The van der Waals surface area contributed by atoms with Crippen molar-refractivity contribution in [3.05, 3.63) is 56.6 Å². The van der Waals surface area contributed by atoms with Crippen molar-refractivity contribution in [3.63, 3.8) is 0 Å². The number of nitriles is 1. The van der Waals surface area contributed by atoms with Gasteiger partial charge in [0.1, 0.15) is 17.4 Å². The third-order valence-corrected chi connectivity index (χ3v) is 4.60. The van der Waals surface area contributed by atoms with Crippen molar-refractivity contribution in [3.8, 4) is 6.07 Å². The molecule has 1 atom stereocenters. The van der Waals surface area contributed by atoms with Gasteiger partial charge in [-0.05, 0) is 25.0 Å². The number of esters is 1. The number of allylic oxidation sites excluding steroid dienone is 2. The monoisotopic (exact) mass is 380 g/mol. The molecule has 0 aromatic heterocycles. The molecule has 5 nitrogen and oxygen atoms in total. The minimum absolute atomic E-state index is 0.0416. The molecule has 1 aromatic carbocycles. The van der Waals surface area contributed by atoms with E-state index in [0.29, 0.717) is 22.8 Å². The van der Waals surface area contributed by atoms with Crippen molar-refractivity contribution in [1.82, 2.24) is 0 Å². The molecule has 1 aliphatic rings. The van der Waals surface area contributed by atoms with Gasteiger partial charge < -0.3 is 15.2 Å². The molecule has 0 amide bonds. The summed E-state index contributed by atoms with van der Waals surface area (Å²) in [6, 6.07) is 7.06. The van der Waals surface area contributed by atoms with Gasteiger partial charge in [-0.25, -0.2) is 4.79 Å². The van der Waals surface area contributed by atoms with Gasteiger partial charge in [0.25, 0.3) is 0 Å². The molecule has 0 spiro atoms. The molecule has 0 fully saturated rings. The normalized spacial score (nSPS) is 17.2. The fourth-order valence-corrected chi connectivity index (χ4v) is 3.13. The van der Waals surface area contributed by atoms with Crippen LogP contribution in [0.4, 0.5) is 0 Å². The third kappa shape index (κ3) is 3.76. The van der Waals surface area contributed by atoms with Crippen molar-refractivity contribution in [2.75, 3.05) is 6.61 Å². The van der Waals surface area contributed by atoms with Gasteiger partial charge >= 0.3 is 5.97 Å². The average Bonchev–Trinajstić information content (AvgIpc) is 2.57. The van der Waals surface area contributed by atoms with Crippen LogP contribution in [-0.4, -0.2) is 12.6 Å². The van der Waals surface area contributed by atoms with E-state index in [1.165, 1.54) is 0 Å². The van der Waals surface area contributed by atoms with Crippen LogP contribution < -0.4 is 5.73 Å². The molecule has 0 saturated heterocycles. The molecule has 0 aliphatic carbocycles. The SMILES string of the molecule is CCCC1=C(C(=O)OCC)C(c2cccc(Cl)c2Cl)C(C#N)=C(N)O1. The third-order valence-electron chi connectivity index (χ3n) is 3.76. The molecule has 1 unspecified atom stereocenters. The van der Waals surface area contributed by atoms with Crippen molar-refractivity contribution in [1.29, 1.82) is 5.26 Å². The van der Waals surface area contributed by atoms with Gasteiger partial charge in [0, 0.05) is 6.42 Å². The first-order valence-electron chi connectivity index (χ1n) is 7.87. The zero-order valence-corrected chi connectivity index (χ0v) is 15.4. The first kappa shape index (κ1) is 19.2. The number of benzene rings is 1. The fourth-order valence-electron chi connectivity index (χ4n) is 2.72. The van der Waals surface area contributed by atoms with Crippen LogP contribution in [0.15, 0.2) is 41.0 Å². The van der Waals surface area contributed by atoms with Crippen molar-refractivity contribution in [2.24, 2.45) is 5.73 Å². The van der Waals surface area contributed by atoms with E-state index in [1.807, 2.05) is 13.0 Å². The Morgan fingerprint density at radius 2 is 2.12 bits per heavy atom. The summed E-state index contributed by atoms with van der Waals surface area (Å²) >= 11 is 12.5. The smallest absolute Gasteiger partial charge is 0.338 e. The summed E-state index contributed by atoms with van der Waals surface area (Å²) in [6.45, 7) is 3.84. The van der Waals surface area contributed by atoms with E-state index in [-0.39, 0.29) is 28.7 Å². The first-order valence-corrected chi connectivity index (χ1v) is 8.63. The number of carbonyl (C=O) groups excluding carboxylic acids is 1. The maximum absolute atomic E-state index is 12.6. The second kappa shape index (κ2) is 8.28. The topological polar surface area (TPSA) is 85.3 Å². The van der Waals surface area contributed by atoms with Gasteiger partial charge in [-0.1, -0.05) is 42.3 Å². The highest BCUT2D eigenvalue weighted by atomic mass is 35.5. The maximum atomic E-state index is 12.6. The van der Waals surface area contributed by atoms with Gasteiger partial charge in [-0.3, -0.25) is 0 Å². The number of hydrogen-bond acceptors (Lipinski definition) is 5. The summed E-state index contributed by atoms with van der Waals surface area (Å²) < 4.78 is 10.8. The number of rotatable bonds is 5. The lowest BCUT2D eigenvalue weighted by atomic mass is 9.82. The molecule has 1 heterocycles. The van der Waals surface area contributed by atoms with Gasteiger partial charge in [0.05, 0.1) is 28.1 Å². The van der Waals surface area contributed by atoms with Crippen molar-refractivity contribution < 1.29 is 14.3 Å². The number of hydrogen-bond donors (Lipinski definition) is 1. The zero-order chi connectivity index (χ0) is 18.6. The van der Waals surface area contributed by atoms with Crippen LogP contribution in [0, 0.1) is 11.3 Å². The van der Waals surface area contributed by atoms with Gasteiger partial charge in [0.2, 0.25) is 5.88 Å². The molecule has 132 valence electrons. The molecule has 2 N–H and O–H groups in total. The molecule has 2 rings (SSSR count). The molecule has 0 bridgehead atoms. The minimum atomic E-state index is -0.787. The summed E-state index contributed by atoms with van der Waals surface area (Å²) in [5.74, 6) is -1.00. The summed E-state index contributed by atoms with van der Waals surface area (Å²) in [6.07, 6.45) is 1.20. The van der Waals surface area contributed by atoms with E-state index >= 15 is 0 Å². The van der Waals surface area contributed by atoms with Crippen LogP contribution in [0.2, 0.25) is 10.0 Å². The highest BCUT2D eigenvalue weighted by Crippen LogP contribution is 2.44. The first-order chi connectivity index (χ1) is 12.0. The van der Waals surface area contributed by atoms with Crippen LogP contribution in [-0.2, 0) is 14.3 Å². The van der Waals surface area contributed by atoms with Crippen molar-refractivity contribution >= 4 is 29.2 Å². The Kier molecular flexibility index (Phi) is 6.35. The van der Waals surface area contributed by atoms with Crippen LogP contribution in [0.3, 0.4) is 0 Å². The van der Waals surface area contributed by atoms with Gasteiger partial charge in [0.15, 0.2) is 0 Å². The van der Waals surface area contributed by atoms with Crippen LogP contribution in [0.1, 0.15) is 38.2 Å². The predicted molar refractivity (Wildman–Crippen MR) is 95.7 cm³/mol.